The van der Waals surface area contributed by atoms with E-state index in [9.17, 15) is 9.59 Å². The zero-order valence-corrected chi connectivity index (χ0v) is 16.6. The van der Waals surface area contributed by atoms with Crippen LogP contribution in [-0.2, 0) is 0 Å². The van der Waals surface area contributed by atoms with Gasteiger partial charge in [0.15, 0.2) is 23.1 Å². The molecule has 150 valence electrons. The van der Waals surface area contributed by atoms with Crippen LogP contribution in [0.15, 0.2) is 51.5 Å². The average molecular weight is 393 g/mol. The quantitative estimate of drug-likeness (QED) is 0.733. The van der Waals surface area contributed by atoms with Crippen LogP contribution in [0.25, 0.3) is 11.3 Å². The van der Waals surface area contributed by atoms with Gasteiger partial charge in [-0.05, 0) is 18.9 Å². The Balaban J connectivity index is 1.50. The fourth-order valence-corrected chi connectivity index (χ4v) is 3.66. The topological polar surface area (TPSA) is 88.6 Å². The molecule has 3 aromatic rings. The lowest BCUT2D eigenvalue weighted by Crippen LogP contribution is -2.40. The van der Waals surface area contributed by atoms with Gasteiger partial charge in [0.25, 0.3) is 11.8 Å². The van der Waals surface area contributed by atoms with E-state index in [1.165, 1.54) is 6.26 Å². The molecule has 1 aromatic carbocycles. The van der Waals surface area contributed by atoms with E-state index in [-0.39, 0.29) is 29.5 Å². The molecule has 2 unspecified atom stereocenters. The summed E-state index contributed by atoms with van der Waals surface area (Å²) in [6.45, 7) is 6.54. The Morgan fingerprint density at radius 2 is 1.90 bits per heavy atom. The lowest BCUT2D eigenvalue weighted by atomic mass is 10.1. The number of aryl methyl sites for hydroxylation is 2. The summed E-state index contributed by atoms with van der Waals surface area (Å²) in [5.41, 5.74) is 1.86. The van der Waals surface area contributed by atoms with Gasteiger partial charge in [-0.15, -0.1) is 0 Å². The van der Waals surface area contributed by atoms with E-state index < -0.39 is 0 Å². The average Bonchev–Trinajstić information content (AvgIpc) is 3.41. The fourth-order valence-electron chi connectivity index (χ4n) is 3.66. The summed E-state index contributed by atoms with van der Waals surface area (Å²) in [7, 11) is 0. The van der Waals surface area contributed by atoms with Crippen molar-refractivity contribution in [2.24, 2.45) is 5.92 Å². The molecule has 2 atom stereocenters. The molecule has 1 N–H and O–H groups in total. The largest absolute Gasteiger partial charge is 0.459 e. The first-order valence-corrected chi connectivity index (χ1v) is 9.61. The Hall–Kier alpha value is -3.35. The molecule has 2 amide bonds. The minimum atomic E-state index is -0.305. The predicted molar refractivity (Wildman–Crippen MR) is 106 cm³/mol. The van der Waals surface area contributed by atoms with Crippen molar-refractivity contribution in [2.75, 3.05) is 13.1 Å². The minimum absolute atomic E-state index is 0.103. The third-order valence-electron chi connectivity index (χ3n) is 5.26. The van der Waals surface area contributed by atoms with Crippen LogP contribution < -0.4 is 5.32 Å². The van der Waals surface area contributed by atoms with Crippen molar-refractivity contribution in [3.05, 3.63) is 65.6 Å². The second-order valence-corrected chi connectivity index (χ2v) is 7.48. The Morgan fingerprint density at radius 3 is 2.59 bits per heavy atom. The van der Waals surface area contributed by atoms with E-state index in [0.29, 0.717) is 30.5 Å². The smallest absolute Gasteiger partial charge is 0.289 e. The highest BCUT2D eigenvalue weighted by atomic mass is 16.4. The standard InChI is InChI=1S/C22H23N3O4/c1-13-9-10-28-19(13)22(27)25-11-14(2)17(12-25)24-21(26)18-20(29-15(3)23-18)16-7-5-4-6-8-16/h4-10,14,17H,11-12H2,1-3H3,(H,24,26). The van der Waals surface area contributed by atoms with Crippen molar-refractivity contribution in [1.29, 1.82) is 0 Å². The van der Waals surface area contributed by atoms with Gasteiger partial charge in [-0.2, -0.15) is 0 Å². The maximum absolute atomic E-state index is 13.0. The first kappa shape index (κ1) is 19.0. The second-order valence-electron chi connectivity index (χ2n) is 7.48. The van der Waals surface area contributed by atoms with E-state index in [4.69, 9.17) is 8.83 Å². The molecule has 0 saturated carbocycles. The number of nitrogens with one attached hydrogen (secondary N) is 1. The zero-order valence-electron chi connectivity index (χ0n) is 16.6. The molecule has 0 spiro atoms. The molecule has 2 aromatic heterocycles. The van der Waals surface area contributed by atoms with Crippen LogP contribution in [0.3, 0.4) is 0 Å². The molecular formula is C22H23N3O4. The maximum Gasteiger partial charge on any atom is 0.289 e. The number of oxazole rings is 1. The van der Waals surface area contributed by atoms with Crippen molar-refractivity contribution in [2.45, 2.75) is 26.8 Å². The molecule has 0 radical (unpaired) electrons. The zero-order chi connectivity index (χ0) is 20.5. The number of amides is 2. The molecular weight excluding hydrogens is 370 g/mol. The molecule has 0 aliphatic carbocycles. The molecule has 7 nitrogen and oxygen atoms in total. The summed E-state index contributed by atoms with van der Waals surface area (Å²) in [4.78, 5) is 31.7. The van der Waals surface area contributed by atoms with Crippen LogP contribution in [0.2, 0.25) is 0 Å². The molecule has 3 heterocycles. The van der Waals surface area contributed by atoms with Crippen LogP contribution in [-0.4, -0.2) is 40.8 Å². The Kier molecular flexibility index (Phi) is 4.96. The third-order valence-corrected chi connectivity index (χ3v) is 5.26. The predicted octanol–water partition coefficient (Wildman–Crippen LogP) is 3.44. The van der Waals surface area contributed by atoms with Gasteiger partial charge in [0.1, 0.15) is 0 Å². The van der Waals surface area contributed by atoms with Crippen molar-refractivity contribution in [3.8, 4) is 11.3 Å². The molecule has 1 saturated heterocycles. The number of carbonyl (C=O) groups excluding carboxylic acids is 2. The van der Waals surface area contributed by atoms with E-state index in [1.54, 1.807) is 17.9 Å². The summed E-state index contributed by atoms with van der Waals surface area (Å²) in [5.74, 6) is 0.873. The van der Waals surface area contributed by atoms with E-state index >= 15 is 0 Å². The summed E-state index contributed by atoms with van der Waals surface area (Å²) in [6.07, 6.45) is 1.51. The Morgan fingerprint density at radius 1 is 1.14 bits per heavy atom. The minimum Gasteiger partial charge on any atom is -0.459 e. The number of furan rings is 1. The fraction of sp³-hybridized carbons (Fsp3) is 0.318. The molecule has 1 aliphatic rings. The van der Waals surface area contributed by atoms with Crippen LogP contribution in [0, 0.1) is 19.8 Å². The monoisotopic (exact) mass is 393 g/mol. The number of likely N-dealkylation sites (tertiary alicyclic amines) is 1. The van der Waals surface area contributed by atoms with Crippen molar-refractivity contribution < 1.29 is 18.4 Å². The highest BCUT2D eigenvalue weighted by molar-refractivity contribution is 5.98. The van der Waals surface area contributed by atoms with Crippen molar-refractivity contribution in [1.82, 2.24) is 15.2 Å². The van der Waals surface area contributed by atoms with Gasteiger partial charge in [0, 0.05) is 31.1 Å². The number of hydrogen-bond donors (Lipinski definition) is 1. The molecule has 1 fully saturated rings. The summed E-state index contributed by atoms with van der Waals surface area (Å²) >= 11 is 0. The third kappa shape index (κ3) is 3.68. The Labute approximate surface area is 168 Å². The van der Waals surface area contributed by atoms with Gasteiger partial charge in [0.2, 0.25) is 0 Å². The number of carbonyl (C=O) groups is 2. The van der Waals surface area contributed by atoms with Crippen LogP contribution in [0.1, 0.15) is 39.4 Å². The number of nitrogens with zero attached hydrogens (tertiary/aromatic N) is 2. The highest BCUT2D eigenvalue weighted by Gasteiger charge is 2.36. The first-order valence-electron chi connectivity index (χ1n) is 9.61. The number of aromatic nitrogens is 1. The van der Waals surface area contributed by atoms with Crippen LogP contribution in [0.5, 0.6) is 0 Å². The van der Waals surface area contributed by atoms with Crippen LogP contribution >= 0.6 is 0 Å². The van der Waals surface area contributed by atoms with E-state index in [2.05, 4.69) is 10.3 Å². The van der Waals surface area contributed by atoms with Gasteiger partial charge in [-0.3, -0.25) is 9.59 Å². The first-order chi connectivity index (χ1) is 13.9. The molecule has 29 heavy (non-hydrogen) atoms. The van der Waals surface area contributed by atoms with Crippen LogP contribution in [0.4, 0.5) is 0 Å². The summed E-state index contributed by atoms with van der Waals surface area (Å²) in [5, 5.41) is 3.03. The van der Waals surface area contributed by atoms with Gasteiger partial charge in [0.05, 0.1) is 12.3 Å². The number of rotatable bonds is 4. The molecule has 4 rings (SSSR count). The van der Waals surface area contributed by atoms with Crippen molar-refractivity contribution in [3.63, 3.8) is 0 Å². The van der Waals surface area contributed by atoms with E-state index in [0.717, 1.165) is 11.1 Å². The molecule has 0 bridgehead atoms. The number of benzene rings is 1. The summed E-state index contributed by atoms with van der Waals surface area (Å²) in [6, 6.07) is 11.0. The van der Waals surface area contributed by atoms with E-state index in [1.807, 2.05) is 44.2 Å². The second kappa shape index (κ2) is 7.58. The molecule has 7 heteroatoms. The highest BCUT2D eigenvalue weighted by Crippen LogP contribution is 2.26. The normalized spacial score (nSPS) is 18.8. The van der Waals surface area contributed by atoms with Gasteiger partial charge in [-0.1, -0.05) is 37.3 Å². The van der Waals surface area contributed by atoms with Gasteiger partial charge < -0.3 is 19.1 Å². The number of hydrogen-bond acceptors (Lipinski definition) is 5. The van der Waals surface area contributed by atoms with Crippen molar-refractivity contribution >= 4 is 11.8 Å². The van der Waals surface area contributed by atoms with Gasteiger partial charge in [-0.25, -0.2) is 4.98 Å². The maximum atomic E-state index is 13.0. The lowest BCUT2D eigenvalue weighted by Gasteiger charge is -2.16. The SMILES string of the molecule is Cc1nc(C(=O)NC2CN(C(=O)c3occc3C)CC2C)c(-c2ccccc2)o1. The molecule has 1 aliphatic heterocycles. The van der Waals surface area contributed by atoms with Gasteiger partial charge >= 0.3 is 0 Å². The summed E-state index contributed by atoms with van der Waals surface area (Å²) < 4.78 is 11.0. The Bertz CT molecular complexity index is 1040. The lowest BCUT2D eigenvalue weighted by molar-refractivity contribution is 0.0749.